The highest BCUT2D eigenvalue weighted by molar-refractivity contribution is 5.75. The molecule has 21 heavy (non-hydrogen) atoms. The van der Waals surface area contributed by atoms with E-state index in [0.29, 0.717) is 24.3 Å². The average molecular weight is 294 g/mol. The smallest absolute Gasteiger partial charge is 0.309 e. The van der Waals surface area contributed by atoms with E-state index in [1.165, 1.54) is 4.90 Å². The lowest BCUT2D eigenvalue weighted by molar-refractivity contribution is -0.145. The van der Waals surface area contributed by atoms with Crippen molar-refractivity contribution in [2.75, 3.05) is 33.0 Å². The molecule has 0 aliphatic carbocycles. The number of nitrogen functional groups attached to an aromatic ring is 1. The van der Waals surface area contributed by atoms with Crippen LogP contribution in [0.1, 0.15) is 19.3 Å². The van der Waals surface area contributed by atoms with Gasteiger partial charge in [0.15, 0.2) is 0 Å². The molecule has 0 spiro atoms. The van der Waals surface area contributed by atoms with Gasteiger partial charge < -0.3 is 20.1 Å². The lowest BCUT2D eigenvalue weighted by atomic mass is 10.3. The Bertz CT molecular complexity index is 474. The van der Waals surface area contributed by atoms with Crippen LogP contribution in [0.4, 0.5) is 5.69 Å². The molecule has 0 aliphatic heterocycles. The van der Waals surface area contributed by atoms with Crippen molar-refractivity contribution < 1.29 is 19.1 Å². The summed E-state index contributed by atoms with van der Waals surface area (Å²) in [7, 11) is 3.39. The first kappa shape index (κ1) is 16.8. The average Bonchev–Trinajstić information content (AvgIpc) is 2.45. The lowest BCUT2D eigenvalue weighted by Gasteiger charge is -2.10. The van der Waals surface area contributed by atoms with Crippen molar-refractivity contribution in [2.24, 2.45) is 0 Å². The van der Waals surface area contributed by atoms with Crippen molar-refractivity contribution in [2.45, 2.75) is 19.3 Å². The maximum Gasteiger partial charge on any atom is 0.309 e. The van der Waals surface area contributed by atoms with Gasteiger partial charge in [-0.3, -0.25) is 9.59 Å². The van der Waals surface area contributed by atoms with E-state index < -0.39 is 0 Å². The van der Waals surface area contributed by atoms with Crippen LogP contribution in [0.2, 0.25) is 0 Å². The highest BCUT2D eigenvalue weighted by Crippen LogP contribution is 2.19. The second-order valence-corrected chi connectivity index (χ2v) is 4.75. The van der Waals surface area contributed by atoms with Gasteiger partial charge in [0.1, 0.15) is 5.75 Å². The van der Waals surface area contributed by atoms with Crippen LogP contribution in [-0.2, 0) is 14.3 Å². The van der Waals surface area contributed by atoms with E-state index in [9.17, 15) is 9.59 Å². The Morgan fingerprint density at radius 2 is 1.86 bits per heavy atom. The zero-order valence-electron chi connectivity index (χ0n) is 12.5. The van der Waals surface area contributed by atoms with Gasteiger partial charge in [0, 0.05) is 20.5 Å². The molecule has 0 fully saturated rings. The predicted octanol–water partition coefficient (Wildman–Crippen LogP) is 1.45. The van der Waals surface area contributed by atoms with E-state index in [2.05, 4.69) is 0 Å². The number of amides is 1. The highest BCUT2D eigenvalue weighted by atomic mass is 16.5. The maximum atomic E-state index is 11.5. The van der Waals surface area contributed by atoms with Crippen LogP contribution in [0, 0.1) is 0 Å². The molecule has 0 atom stereocenters. The number of hydrogen-bond donors (Lipinski definition) is 1. The number of benzene rings is 1. The van der Waals surface area contributed by atoms with E-state index >= 15 is 0 Å². The molecule has 0 radical (unpaired) electrons. The molecule has 0 aliphatic rings. The van der Waals surface area contributed by atoms with Gasteiger partial charge in [0.05, 0.1) is 25.3 Å². The highest BCUT2D eigenvalue weighted by Gasteiger charge is 2.07. The molecule has 0 saturated carbocycles. The van der Waals surface area contributed by atoms with Crippen molar-refractivity contribution in [1.29, 1.82) is 0 Å². The summed E-state index contributed by atoms with van der Waals surface area (Å²) in [6.45, 7) is 0.454. The molecular weight excluding hydrogens is 272 g/mol. The number of rotatable bonds is 8. The largest absolute Gasteiger partial charge is 0.491 e. The first-order valence-electron chi connectivity index (χ1n) is 6.84. The number of hydrogen-bond acceptors (Lipinski definition) is 5. The lowest BCUT2D eigenvalue weighted by Crippen LogP contribution is -2.22. The summed E-state index contributed by atoms with van der Waals surface area (Å²) in [6, 6.07) is 7.10. The molecule has 0 unspecified atom stereocenters. The minimum Gasteiger partial charge on any atom is -0.491 e. The van der Waals surface area contributed by atoms with E-state index in [1.807, 2.05) is 12.1 Å². The van der Waals surface area contributed by atoms with Crippen LogP contribution in [0.15, 0.2) is 24.3 Å². The van der Waals surface area contributed by atoms with Crippen molar-refractivity contribution in [1.82, 2.24) is 4.90 Å². The SMILES string of the molecule is CN(C)C(=O)CCCOC(=O)CCOc1ccccc1N. The topological polar surface area (TPSA) is 81.9 Å². The molecule has 1 aromatic carbocycles. The Labute approximate surface area is 124 Å². The van der Waals surface area contributed by atoms with Gasteiger partial charge in [-0.2, -0.15) is 0 Å². The minimum atomic E-state index is -0.346. The Morgan fingerprint density at radius 3 is 2.52 bits per heavy atom. The summed E-state index contributed by atoms with van der Waals surface area (Å²) < 4.78 is 10.4. The number of ether oxygens (including phenoxy) is 2. The van der Waals surface area contributed by atoms with Gasteiger partial charge >= 0.3 is 5.97 Å². The molecule has 0 bridgehead atoms. The van der Waals surface area contributed by atoms with Crippen LogP contribution in [0.5, 0.6) is 5.75 Å². The normalized spacial score (nSPS) is 10.0. The summed E-state index contributed by atoms with van der Waals surface area (Å²) in [6.07, 6.45) is 1.04. The van der Waals surface area contributed by atoms with Gasteiger partial charge in [-0.05, 0) is 18.6 Å². The van der Waals surface area contributed by atoms with Crippen LogP contribution in [0.3, 0.4) is 0 Å². The second kappa shape index (κ2) is 8.84. The molecular formula is C15H22N2O4. The van der Waals surface area contributed by atoms with Crippen molar-refractivity contribution >= 4 is 17.6 Å². The zero-order chi connectivity index (χ0) is 15.7. The molecule has 0 saturated heterocycles. The monoisotopic (exact) mass is 294 g/mol. The van der Waals surface area contributed by atoms with Crippen LogP contribution >= 0.6 is 0 Å². The molecule has 0 aromatic heterocycles. The van der Waals surface area contributed by atoms with Crippen molar-refractivity contribution in [3.05, 3.63) is 24.3 Å². The maximum absolute atomic E-state index is 11.5. The fourth-order valence-electron chi connectivity index (χ4n) is 1.56. The minimum absolute atomic E-state index is 0.0222. The van der Waals surface area contributed by atoms with E-state index in [1.54, 1.807) is 26.2 Å². The van der Waals surface area contributed by atoms with Gasteiger partial charge in [0.2, 0.25) is 5.91 Å². The third-order valence-electron chi connectivity index (χ3n) is 2.78. The first-order valence-corrected chi connectivity index (χ1v) is 6.84. The quantitative estimate of drug-likeness (QED) is 0.446. The molecule has 2 N–H and O–H groups in total. The van der Waals surface area contributed by atoms with E-state index in [4.69, 9.17) is 15.2 Å². The van der Waals surface area contributed by atoms with Gasteiger partial charge in [-0.1, -0.05) is 12.1 Å². The first-order chi connectivity index (χ1) is 10.0. The number of nitrogens with zero attached hydrogens (tertiary/aromatic N) is 1. The summed E-state index contributed by atoms with van der Waals surface area (Å²) in [5, 5.41) is 0. The fraction of sp³-hybridized carbons (Fsp3) is 0.467. The molecule has 6 heteroatoms. The summed E-state index contributed by atoms with van der Waals surface area (Å²) >= 11 is 0. The molecule has 116 valence electrons. The van der Waals surface area contributed by atoms with Crippen molar-refractivity contribution in [3.8, 4) is 5.75 Å². The van der Waals surface area contributed by atoms with Crippen molar-refractivity contribution in [3.63, 3.8) is 0 Å². The number of carbonyl (C=O) groups excluding carboxylic acids is 2. The molecule has 6 nitrogen and oxygen atoms in total. The summed E-state index contributed by atoms with van der Waals surface area (Å²) in [5.41, 5.74) is 6.25. The second-order valence-electron chi connectivity index (χ2n) is 4.75. The van der Waals surface area contributed by atoms with Crippen LogP contribution < -0.4 is 10.5 Å². The number of carbonyl (C=O) groups is 2. The van der Waals surface area contributed by atoms with E-state index in [0.717, 1.165) is 0 Å². The van der Waals surface area contributed by atoms with Gasteiger partial charge in [0.25, 0.3) is 0 Å². The fourth-order valence-corrected chi connectivity index (χ4v) is 1.56. The summed E-state index contributed by atoms with van der Waals surface area (Å²) in [4.78, 5) is 24.3. The molecule has 1 aromatic rings. The predicted molar refractivity (Wildman–Crippen MR) is 79.9 cm³/mol. The number of anilines is 1. The molecule has 1 amide bonds. The van der Waals surface area contributed by atoms with E-state index in [-0.39, 0.29) is 31.5 Å². The third-order valence-corrected chi connectivity index (χ3v) is 2.78. The van der Waals surface area contributed by atoms with Crippen LogP contribution in [0.25, 0.3) is 0 Å². The third kappa shape index (κ3) is 6.65. The van der Waals surface area contributed by atoms with Gasteiger partial charge in [-0.25, -0.2) is 0 Å². The number of para-hydroxylation sites is 2. The number of nitrogens with two attached hydrogens (primary N) is 1. The standard InChI is InChI=1S/C15H22N2O4/c1-17(2)14(18)8-5-10-21-15(19)9-11-20-13-7-4-3-6-12(13)16/h3-4,6-7H,5,8-11,16H2,1-2H3. The Balaban J connectivity index is 2.12. The molecule has 0 heterocycles. The number of esters is 1. The van der Waals surface area contributed by atoms with Crippen LogP contribution in [-0.4, -0.2) is 44.1 Å². The Kier molecular flexibility index (Phi) is 7.08. The molecule has 1 rings (SSSR count). The Morgan fingerprint density at radius 1 is 1.14 bits per heavy atom. The van der Waals surface area contributed by atoms with Gasteiger partial charge in [-0.15, -0.1) is 0 Å². The Hall–Kier alpha value is -2.24. The summed E-state index contributed by atoms with van der Waals surface area (Å²) in [5.74, 6) is 0.234. The zero-order valence-corrected chi connectivity index (χ0v) is 12.5.